The van der Waals surface area contributed by atoms with Gasteiger partial charge >= 0.3 is 0 Å². The monoisotopic (exact) mass is 444 g/mol. The van der Waals surface area contributed by atoms with Gasteiger partial charge in [-0.3, -0.25) is 4.79 Å². The molecular formula is C22H18ClFN2O3S. The van der Waals surface area contributed by atoms with E-state index in [4.69, 9.17) is 11.6 Å². The Morgan fingerprint density at radius 3 is 2.40 bits per heavy atom. The van der Waals surface area contributed by atoms with Crippen LogP contribution in [0.2, 0.25) is 5.02 Å². The quantitative estimate of drug-likeness (QED) is 0.654. The molecule has 0 aromatic heterocycles. The van der Waals surface area contributed by atoms with E-state index in [0.717, 1.165) is 23.3 Å². The Bertz CT molecular complexity index is 1200. The number of hydrogen-bond acceptors (Lipinski definition) is 3. The van der Waals surface area contributed by atoms with Crippen LogP contribution in [0.15, 0.2) is 77.7 Å². The predicted molar refractivity (Wildman–Crippen MR) is 113 cm³/mol. The normalized spacial score (nSPS) is 16.7. The minimum Gasteiger partial charge on any atom is -0.325 e. The summed E-state index contributed by atoms with van der Waals surface area (Å²) in [5.74, 6) is -0.995. The maximum atomic E-state index is 13.3. The molecule has 4 rings (SSSR count). The third-order valence-corrected chi connectivity index (χ3v) is 7.12. The molecule has 5 nitrogen and oxygen atoms in total. The van der Waals surface area contributed by atoms with Gasteiger partial charge in [-0.2, -0.15) is 4.31 Å². The Morgan fingerprint density at radius 2 is 1.70 bits per heavy atom. The van der Waals surface area contributed by atoms with Crippen molar-refractivity contribution in [3.63, 3.8) is 0 Å². The lowest BCUT2D eigenvalue weighted by molar-refractivity contribution is -0.120. The van der Waals surface area contributed by atoms with E-state index in [-0.39, 0.29) is 17.9 Å². The number of benzene rings is 3. The van der Waals surface area contributed by atoms with Crippen LogP contribution in [0.4, 0.5) is 10.1 Å². The summed E-state index contributed by atoms with van der Waals surface area (Å²) in [4.78, 5) is 13.0. The van der Waals surface area contributed by atoms with Gasteiger partial charge in [-0.1, -0.05) is 41.9 Å². The number of sulfonamides is 1. The van der Waals surface area contributed by atoms with Crippen molar-refractivity contribution in [3.8, 4) is 0 Å². The fourth-order valence-electron chi connectivity index (χ4n) is 3.51. The van der Waals surface area contributed by atoms with Gasteiger partial charge in [0.25, 0.3) is 0 Å². The van der Waals surface area contributed by atoms with E-state index in [1.807, 2.05) is 24.3 Å². The number of carbonyl (C=O) groups is 1. The summed E-state index contributed by atoms with van der Waals surface area (Å²) in [7, 11) is -4.04. The first-order valence-electron chi connectivity index (χ1n) is 9.25. The van der Waals surface area contributed by atoms with Crippen molar-refractivity contribution in [2.75, 3.05) is 5.32 Å². The van der Waals surface area contributed by atoms with E-state index in [2.05, 4.69) is 5.32 Å². The average Bonchev–Trinajstić information content (AvgIpc) is 2.73. The molecule has 0 saturated carbocycles. The second-order valence-corrected chi connectivity index (χ2v) is 9.32. The van der Waals surface area contributed by atoms with Gasteiger partial charge in [0.1, 0.15) is 11.9 Å². The first kappa shape index (κ1) is 20.5. The van der Waals surface area contributed by atoms with Crippen LogP contribution in [0.25, 0.3) is 0 Å². The largest absolute Gasteiger partial charge is 0.325 e. The highest BCUT2D eigenvalue weighted by Gasteiger charge is 2.39. The summed E-state index contributed by atoms with van der Waals surface area (Å²) in [5, 5.41) is 3.21. The van der Waals surface area contributed by atoms with Crippen molar-refractivity contribution < 1.29 is 17.6 Å². The molecule has 0 bridgehead atoms. The van der Waals surface area contributed by atoms with Gasteiger partial charge in [-0.05, 0) is 60.0 Å². The average molecular weight is 445 g/mol. The Labute approximate surface area is 179 Å². The molecule has 3 aromatic rings. The summed E-state index contributed by atoms with van der Waals surface area (Å²) < 4.78 is 41.1. The number of halogens is 2. The van der Waals surface area contributed by atoms with Crippen LogP contribution in [-0.2, 0) is 27.8 Å². The van der Waals surface area contributed by atoms with Crippen molar-refractivity contribution in [2.45, 2.75) is 23.9 Å². The molecule has 1 atom stereocenters. The van der Waals surface area contributed by atoms with Crippen LogP contribution >= 0.6 is 11.6 Å². The topological polar surface area (TPSA) is 66.5 Å². The molecule has 8 heteroatoms. The highest BCUT2D eigenvalue weighted by Crippen LogP contribution is 2.30. The molecule has 30 heavy (non-hydrogen) atoms. The van der Waals surface area contributed by atoms with Crippen LogP contribution in [0.1, 0.15) is 11.1 Å². The zero-order valence-corrected chi connectivity index (χ0v) is 17.3. The number of nitrogens with one attached hydrogen (secondary N) is 1. The molecular weight excluding hydrogens is 427 g/mol. The van der Waals surface area contributed by atoms with Crippen LogP contribution in [0, 0.1) is 5.82 Å². The van der Waals surface area contributed by atoms with Crippen LogP contribution < -0.4 is 5.32 Å². The smallest absolute Gasteiger partial charge is 0.244 e. The highest BCUT2D eigenvalue weighted by atomic mass is 35.5. The second kappa shape index (κ2) is 8.18. The first-order chi connectivity index (χ1) is 14.3. The zero-order chi connectivity index (χ0) is 21.3. The van der Waals surface area contributed by atoms with Gasteiger partial charge in [0.2, 0.25) is 15.9 Å². The Kier molecular flexibility index (Phi) is 5.60. The number of nitrogens with zero attached hydrogens (tertiary/aromatic N) is 1. The molecule has 0 aliphatic carbocycles. The van der Waals surface area contributed by atoms with Crippen molar-refractivity contribution in [2.24, 2.45) is 0 Å². The Hall–Kier alpha value is -2.74. The van der Waals surface area contributed by atoms with Gasteiger partial charge in [0, 0.05) is 17.3 Å². The molecule has 1 aliphatic rings. The van der Waals surface area contributed by atoms with Crippen molar-refractivity contribution >= 4 is 33.2 Å². The number of hydrogen-bond donors (Lipinski definition) is 1. The van der Waals surface area contributed by atoms with E-state index < -0.39 is 27.8 Å². The molecule has 1 N–H and O–H groups in total. The molecule has 0 saturated heterocycles. The lowest BCUT2D eigenvalue weighted by atomic mass is 9.95. The Morgan fingerprint density at radius 1 is 1.00 bits per heavy atom. The third-order valence-electron chi connectivity index (χ3n) is 5.02. The third kappa shape index (κ3) is 4.09. The summed E-state index contributed by atoms with van der Waals surface area (Å²) in [5.41, 5.74) is 2.22. The van der Waals surface area contributed by atoms with Crippen molar-refractivity contribution in [1.29, 1.82) is 0 Å². The molecule has 0 unspecified atom stereocenters. The Balaban J connectivity index is 1.71. The van der Waals surface area contributed by atoms with Crippen molar-refractivity contribution in [3.05, 3.63) is 94.8 Å². The molecule has 3 aromatic carbocycles. The van der Waals surface area contributed by atoms with Gasteiger partial charge in [-0.25, -0.2) is 12.8 Å². The van der Waals surface area contributed by atoms with Gasteiger partial charge < -0.3 is 5.32 Å². The second-order valence-electron chi connectivity index (χ2n) is 6.99. The van der Waals surface area contributed by atoms with E-state index >= 15 is 0 Å². The predicted octanol–water partition coefficient (Wildman–Crippen LogP) is 4.23. The zero-order valence-electron chi connectivity index (χ0n) is 15.8. The van der Waals surface area contributed by atoms with E-state index in [1.54, 1.807) is 24.3 Å². The van der Waals surface area contributed by atoms with E-state index in [9.17, 15) is 17.6 Å². The van der Waals surface area contributed by atoms with E-state index in [1.165, 1.54) is 16.4 Å². The SMILES string of the molecule is O=C(Nc1cccc(Cl)c1)[C@H]1Cc2ccccc2CN1S(=O)(=O)c1ccc(F)cc1. The molecule has 1 aliphatic heterocycles. The molecule has 1 amide bonds. The van der Waals surface area contributed by atoms with Gasteiger partial charge in [0.05, 0.1) is 4.90 Å². The number of anilines is 1. The van der Waals surface area contributed by atoms with Gasteiger partial charge in [-0.15, -0.1) is 0 Å². The van der Waals surface area contributed by atoms with Gasteiger partial charge in [0.15, 0.2) is 0 Å². The maximum Gasteiger partial charge on any atom is 0.244 e. The summed E-state index contributed by atoms with van der Waals surface area (Å²) in [6.45, 7) is 0.0452. The van der Waals surface area contributed by atoms with Crippen molar-refractivity contribution in [1.82, 2.24) is 4.31 Å². The maximum absolute atomic E-state index is 13.3. The minimum atomic E-state index is -4.04. The number of amides is 1. The van der Waals surface area contributed by atoms with Crippen LogP contribution in [-0.4, -0.2) is 24.7 Å². The lowest BCUT2D eigenvalue weighted by Crippen LogP contribution is -2.50. The summed E-state index contributed by atoms with van der Waals surface area (Å²) in [6, 6.07) is 17.7. The molecule has 0 fully saturated rings. The van der Waals surface area contributed by atoms with Crippen LogP contribution in [0.3, 0.4) is 0 Å². The summed E-state index contributed by atoms with van der Waals surface area (Å²) in [6.07, 6.45) is 0.225. The standard InChI is InChI=1S/C22H18ClFN2O3S/c23-17-6-3-7-19(13-17)25-22(27)21-12-15-4-1-2-5-16(15)14-26(21)30(28,29)20-10-8-18(24)9-11-20/h1-11,13,21H,12,14H2,(H,25,27)/t21-/m1/s1. The van der Waals surface area contributed by atoms with E-state index in [0.29, 0.717) is 10.7 Å². The number of fused-ring (bicyclic) bond motifs is 1. The fraction of sp³-hybridized carbons (Fsp3) is 0.136. The minimum absolute atomic E-state index is 0.0452. The highest BCUT2D eigenvalue weighted by molar-refractivity contribution is 7.89. The lowest BCUT2D eigenvalue weighted by Gasteiger charge is -2.35. The molecule has 0 radical (unpaired) electrons. The summed E-state index contributed by atoms with van der Waals surface area (Å²) >= 11 is 5.99. The molecule has 1 heterocycles. The fourth-order valence-corrected chi connectivity index (χ4v) is 5.26. The van der Waals surface area contributed by atoms with Crippen LogP contribution in [0.5, 0.6) is 0 Å². The molecule has 0 spiro atoms. The first-order valence-corrected chi connectivity index (χ1v) is 11.1. The molecule has 154 valence electrons. The number of carbonyl (C=O) groups excluding carboxylic acids is 1. The number of rotatable bonds is 4.